The average Bonchev–Trinajstić information content (AvgIpc) is 2.54. The lowest BCUT2D eigenvalue weighted by atomic mass is 9.90. The molecule has 0 fully saturated rings. The smallest absolute Gasteiger partial charge is 0.333 e. The van der Waals surface area contributed by atoms with E-state index in [-0.39, 0.29) is 12.2 Å². The molecule has 0 saturated heterocycles. The number of amides is 1. The van der Waals surface area contributed by atoms with Gasteiger partial charge in [-0.3, -0.25) is 4.79 Å². The number of aromatic hydroxyl groups is 1. The van der Waals surface area contributed by atoms with Gasteiger partial charge in [-0.1, -0.05) is 36.4 Å². The van der Waals surface area contributed by atoms with Gasteiger partial charge in [-0.05, 0) is 29.8 Å². The number of nitrogens with one attached hydrogen (secondary N) is 1. The fourth-order valence-corrected chi connectivity index (χ4v) is 2.24. The third-order valence-electron chi connectivity index (χ3n) is 3.50. The molecule has 5 heteroatoms. The van der Waals surface area contributed by atoms with Gasteiger partial charge in [0, 0.05) is 12.0 Å². The third kappa shape index (κ3) is 3.77. The third-order valence-corrected chi connectivity index (χ3v) is 3.50. The number of rotatable bonds is 6. The van der Waals surface area contributed by atoms with Crippen molar-refractivity contribution in [1.29, 1.82) is 0 Å². The van der Waals surface area contributed by atoms with E-state index in [1.807, 2.05) is 0 Å². The molecule has 23 heavy (non-hydrogen) atoms. The van der Waals surface area contributed by atoms with Crippen molar-refractivity contribution in [2.45, 2.75) is 12.0 Å². The molecule has 0 aliphatic carbocycles. The molecule has 0 aromatic heterocycles. The fraction of sp³-hybridized carbons (Fsp3) is 0.111. The van der Waals surface area contributed by atoms with Gasteiger partial charge in [0.2, 0.25) is 0 Å². The number of aliphatic carboxylic acids is 1. The van der Waals surface area contributed by atoms with Crippen LogP contribution >= 0.6 is 0 Å². The number of carbonyl (C=O) groups is 2. The number of benzene rings is 2. The average molecular weight is 311 g/mol. The van der Waals surface area contributed by atoms with E-state index in [0.29, 0.717) is 11.1 Å². The summed E-state index contributed by atoms with van der Waals surface area (Å²) in [7, 11) is 0. The molecule has 1 atom stereocenters. The minimum Gasteiger partial charge on any atom is -0.508 e. The Kier molecular flexibility index (Phi) is 4.81. The predicted octanol–water partition coefficient (Wildman–Crippen LogP) is 2.37. The largest absolute Gasteiger partial charge is 0.508 e. The summed E-state index contributed by atoms with van der Waals surface area (Å²) in [5, 5.41) is 21.6. The molecule has 0 heterocycles. The van der Waals surface area contributed by atoms with E-state index >= 15 is 0 Å². The van der Waals surface area contributed by atoms with Crippen molar-refractivity contribution in [1.82, 2.24) is 5.32 Å². The lowest BCUT2D eigenvalue weighted by molar-refractivity contribution is -0.142. The van der Waals surface area contributed by atoms with E-state index in [9.17, 15) is 19.8 Å². The van der Waals surface area contributed by atoms with Crippen LogP contribution in [-0.4, -0.2) is 27.6 Å². The molecule has 0 saturated carbocycles. The minimum atomic E-state index is -1.67. The van der Waals surface area contributed by atoms with Crippen LogP contribution < -0.4 is 5.32 Å². The van der Waals surface area contributed by atoms with Gasteiger partial charge >= 0.3 is 5.97 Å². The maximum Gasteiger partial charge on any atom is 0.333 e. The van der Waals surface area contributed by atoms with Gasteiger partial charge in [0.1, 0.15) is 5.75 Å². The van der Waals surface area contributed by atoms with Crippen molar-refractivity contribution in [2.75, 3.05) is 0 Å². The number of hydrogen-bond acceptors (Lipinski definition) is 3. The van der Waals surface area contributed by atoms with E-state index in [4.69, 9.17) is 0 Å². The van der Waals surface area contributed by atoms with Crippen molar-refractivity contribution in [3.63, 3.8) is 0 Å². The van der Waals surface area contributed by atoms with E-state index in [2.05, 4.69) is 11.9 Å². The summed E-state index contributed by atoms with van der Waals surface area (Å²) in [5.74, 6) is -1.70. The molecular formula is C18H17NO4. The molecule has 1 amide bonds. The van der Waals surface area contributed by atoms with Crippen LogP contribution in [0.25, 0.3) is 0 Å². The molecule has 2 aromatic carbocycles. The zero-order valence-corrected chi connectivity index (χ0v) is 12.4. The fourth-order valence-electron chi connectivity index (χ4n) is 2.24. The first-order valence-corrected chi connectivity index (χ1v) is 6.99. The highest BCUT2D eigenvalue weighted by Gasteiger charge is 2.37. The van der Waals surface area contributed by atoms with E-state index in [1.54, 1.807) is 42.5 Å². The lowest BCUT2D eigenvalue weighted by Crippen LogP contribution is -2.54. The van der Waals surface area contributed by atoms with Crippen LogP contribution in [0, 0.1) is 0 Å². The summed E-state index contributed by atoms with van der Waals surface area (Å²) < 4.78 is 0. The molecule has 2 aromatic rings. The van der Waals surface area contributed by atoms with Crippen molar-refractivity contribution in [2.24, 2.45) is 0 Å². The van der Waals surface area contributed by atoms with Gasteiger partial charge in [-0.2, -0.15) is 0 Å². The van der Waals surface area contributed by atoms with Crippen LogP contribution in [0.15, 0.2) is 67.3 Å². The highest BCUT2D eigenvalue weighted by Crippen LogP contribution is 2.20. The van der Waals surface area contributed by atoms with Crippen LogP contribution in [0.5, 0.6) is 5.75 Å². The predicted molar refractivity (Wildman–Crippen MR) is 86.3 cm³/mol. The molecule has 0 unspecified atom stereocenters. The minimum absolute atomic E-state index is 0.0280. The Bertz CT molecular complexity index is 727. The maximum absolute atomic E-state index is 12.3. The quantitative estimate of drug-likeness (QED) is 0.715. The Labute approximate surface area is 133 Å². The summed E-state index contributed by atoms with van der Waals surface area (Å²) in [6.45, 7) is 3.56. The molecule has 3 N–H and O–H groups in total. The van der Waals surface area contributed by atoms with Crippen LogP contribution in [0.4, 0.5) is 0 Å². The Balaban J connectivity index is 2.30. The molecule has 0 aliphatic heterocycles. The zero-order chi connectivity index (χ0) is 16.9. The first-order chi connectivity index (χ1) is 11.0. The Hall–Kier alpha value is -3.08. The van der Waals surface area contributed by atoms with Gasteiger partial charge < -0.3 is 15.5 Å². The maximum atomic E-state index is 12.3. The SMILES string of the molecule is C=C[C@@](Cc1cccc(O)c1)(NC(=O)c1ccccc1)C(=O)O. The summed E-state index contributed by atoms with van der Waals surface area (Å²) in [5.41, 5.74) is -0.739. The standard InChI is InChI=1S/C18H17NO4/c1-2-18(17(22)23,12-13-7-6-10-15(20)11-13)19-16(21)14-8-4-3-5-9-14/h2-11,20H,1,12H2,(H,19,21)(H,22,23)/t18-/m0/s1. The molecule has 0 spiro atoms. The second kappa shape index (κ2) is 6.79. The van der Waals surface area contributed by atoms with Gasteiger partial charge in [0.15, 0.2) is 5.54 Å². The molecule has 0 aliphatic rings. The molecule has 0 bridgehead atoms. The number of phenolic OH excluding ortho intramolecular Hbond substituents is 1. The summed E-state index contributed by atoms with van der Waals surface area (Å²) in [6, 6.07) is 14.6. The number of phenols is 1. The van der Waals surface area contributed by atoms with Gasteiger partial charge in [0.05, 0.1) is 0 Å². The first-order valence-electron chi connectivity index (χ1n) is 6.99. The molecular weight excluding hydrogens is 294 g/mol. The number of hydrogen-bond donors (Lipinski definition) is 3. The zero-order valence-electron chi connectivity index (χ0n) is 12.4. The Morgan fingerprint density at radius 1 is 1.13 bits per heavy atom. The van der Waals surface area contributed by atoms with Gasteiger partial charge in [-0.25, -0.2) is 4.79 Å². The normalized spacial score (nSPS) is 12.9. The summed E-state index contributed by atoms with van der Waals surface area (Å²) in [4.78, 5) is 24.1. The van der Waals surface area contributed by atoms with Crippen LogP contribution in [0.1, 0.15) is 15.9 Å². The van der Waals surface area contributed by atoms with Gasteiger partial charge in [-0.15, -0.1) is 6.58 Å². The second-order valence-corrected chi connectivity index (χ2v) is 5.15. The monoisotopic (exact) mass is 311 g/mol. The van der Waals surface area contributed by atoms with Crippen LogP contribution in [0.2, 0.25) is 0 Å². The topological polar surface area (TPSA) is 86.6 Å². The van der Waals surface area contributed by atoms with Crippen molar-refractivity contribution in [3.8, 4) is 5.75 Å². The van der Waals surface area contributed by atoms with Crippen molar-refractivity contribution in [3.05, 3.63) is 78.4 Å². The number of carbonyl (C=O) groups excluding carboxylic acids is 1. The molecule has 2 rings (SSSR count). The highest BCUT2D eigenvalue weighted by molar-refractivity contribution is 5.98. The number of carboxylic acids is 1. The molecule has 0 radical (unpaired) electrons. The summed E-state index contributed by atoms with van der Waals surface area (Å²) in [6.07, 6.45) is 1.17. The molecule has 5 nitrogen and oxygen atoms in total. The Morgan fingerprint density at radius 2 is 1.83 bits per heavy atom. The number of carboxylic acid groups (broad SMARTS) is 1. The van der Waals surface area contributed by atoms with Crippen LogP contribution in [-0.2, 0) is 11.2 Å². The summed E-state index contributed by atoms with van der Waals surface area (Å²) >= 11 is 0. The first kappa shape index (κ1) is 16.3. The van der Waals surface area contributed by atoms with E-state index in [0.717, 1.165) is 0 Å². The van der Waals surface area contributed by atoms with E-state index < -0.39 is 17.4 Å². The lowest BCUT2D eigenvalue weighted by Gasteiger charge is -2.27. The van der Waals surface area contributed by atoms with Crippen LogP contribution in [0.3, 0.4) is 0 Å². The van der Waals surface area contributed by atoms with E-state index in [1.165, 1.54) is 18.2 Å². The Morgan fingerprint density at radius 3 is 2.39 bits per heavy atom. The van der Waals surface area contributed by atoms with Crippen molar-refractivity contribution >= 4 is 11.9 Å². The van der Waals surface area contributed by atoms with Gasteiger partial charge in [0.25, 0.3) is 5.91 Å². The van der Waals surface area contributed by atoms with Crippen molar-refractivity contribution < 1.29 is 19.8 Å². The molecule has 118 valence electrons. The second-order valence-electron chi connectivity index (χ2n) is 5.15. The highest BCUT2D eigenvalue weighted by atomic mass is 16.4.